The largest absolute Gasteiger partial charge is 0.354 e. The first-order valence-corrected chi connectivity index (χ1v) is 11.5. The molecule has 0 aliphatic carbocycles. The van der Waals surface area contributed by atoms with E-state index in [1.807, 2.05) is 30.0 Å². The number of hydrogen-bond donors (Lipinski definition) is 1. The Morgan fingerprint density at radius 3 is 2.48 bits per heavy atom. The SMILES string of the molecule is Cc1ccnc(Nc2cc(N3CCN(S(=O)(=O)Cc4ccccc4F)CC3)ncn2)c1. The number of hydrogen-bond acceptors (Lipinski definition) is 7. The lowest BCUT2D eigenvalue weighted by atomic mass is 10.2. The molecule has 0 saturated carbocycles. The van der Waals surface area contributed by atoms with E-state index in [-0.39, 0.29) is 11.3 Å². The molecule has 3 heterocycles. The van der Waals surface area contributed by atoms with Gasteiger partial charge in [0.1, 0.15) is 29.6 Å². The molecule has 162 valence electrons. The maximum Gasteiger partial charge on any atom is 0.218 e. The highest BCUT2D eigenvalue weighted by Gasteiger charge is 2.28. The van der Waals surface area contributed by atoms with Gasteiger partial charge in [-0.2, -0.15) is 4.31 Å². The molecule has 0 unspecified atom stereocenters. The van der Waals surface area contributed by atoms with E-state index in [1.165, 1.54) is 22.8 Å². The number of sulfonamides is 1. The number of nitrogens with one attached hydrogen (secondary N) is 1. The third kappa shape index (κ3) is 5.15. The summed E-state index contributed by atoms with van der Waals surface area (Å²) in [5.41, 5.74) is 1.26. The molecule has 1 aliphatic heterocycles. The van der Waals surface area contributed by atoms with E-state index < -0.39 is 15.8 Å². The van der Waals surface area contributed by atoms with Crippen LogP contribution >= 0.6 is 0 Å². The van der Waals surface area contributed by atoms with Crippen LogP contribution in [0.5, 0.6) is 0 Å². The molecule has 0 spiro atoms. The van der Waals surface area contributed by atoms with Crippen molar-refractivity contribution in [3.05, 3.63) is 71.9 Å². The Bertz CT molecular complexity index is 1170. The van der Waals surface area contributed by atoms with Crippen molar-refractivity contribution in [2.75, 3.05) is 36.4 Å². The zero-order chi connectivity index (χ0) is 21.8. The van der Waals surface area contributed by atoms with E-state index >= 15 is 0 Å². The Morgan fingerprint density at radius 1 is 1.00 bits per heavy atom. The molecule has 4 rings (SSSR count). The van der Waals surface area contributed by atoms with Gasteiger partial charge < -0.3 is 10.2 Å². The van der Waals surface area contributed by atoms with Gasteiger partial charge in [0.2, 0.25) is 10.0 Å². The second-order valence-corrected chi connectivity index (χ2v) is 9.31. The lowest BCUT2D eigenvalue weighted by Gasteiger charge is -2.34. The molecule has 1 saturated heterocycles. The summed E-state index contributed by atoms with van der Waals surface area (Å²) in [5, 5.41) is 3.16. The topological polar surface area (TPSA) is 91.3 Å². The van der Waals surface area contributed by atoms with Crippen molar-refractivity contribution in [3.63, 3.8) is 0 Å². The summed E-state index contributed by atoms with van der Waals surface area (Å²) in [6.45, 7) is 3.56. The van der Waals surface area contributed by atoms with E-state index in [4.69, 9.17) is 0 Å². The summed E-state index contributed by atoms with van der Waals surface area (Å²) < 4.78 is 40.7. The standard InChI is InChI=1S/C21H23FN6O2S/c1-16-6-7-23-19(12-16)26-20-13-21(25-15-24-20)27-8-10-28(11-9-27)31(29,30)14-17-4-2-3-5-18(17)22/h2-7,12-13,15H,8-11,14H2,1H3,(H,23,24,25,26). The average molecular weight is 443 g/mol. The molecule has 31 heavy (non-hydrogen) atoms. The number of rotatable bonds is 6. The van der Waals surface area contributed by atoms with Crippen molar-refractivity contribution in [1.29, 1.82) is 0 Å². The normalized spacial score (nSPS) is 15.1. The molecule has 0 radical (unpaired) electrons. The first-order valence-electron chi connectivity index (χ1n) is 9.89. The van der Waals surface area contributed by atoms with Crippen molar-refractivity contribution >= 4 is 27.5 Å². The number of aromatic nitrogens is 3. The third-order valence-corrected chi connectivity index (χ3v) is 6.90. The minimum Gasteiger partial charge on any atom is -0.354 e. The zero-order valence-electron chi connectivity index (χ0n) is 17.1. The minimum absolute atomic E-state index is 0.182. The molecular weight excluding hydrogens is 419 g/mol. The van der Waals surface area contributed by atoms with Crippen molar-refractivity contribution in [3.8, 4) is 0 Å². The molecule has 8 nitrogen and oxygen atoms in total. The highest BCUT2D eigenvalue weighted by Crippen LogP contribution is 2.21. The maximum atomic E-state index is 13.9. The van der Waals surface area contributed by atoms with E-state index in [2.05, 4.69) is 20.3 Å². The van der Waals surface area contributed by atoms with Crippen molar-refractivity contribution < 1.29 is 12.8 Å². The van der Waals surface area contributed by atoms with Crippen LogP contribution in [-0.2, 0) is 15.8 Å². The van der Waals surface area contributed by atoms with Crippen molar-refractivity contribution in [2.45, 2.75) is 12.7 Å². The number of aryl methyl sites for hydroxylation is 1. The van der Waals surface area contributed by atoms with Crippen molar-refractivity contribution in [2.24, 2.45) is 0 Å². The van der Waals surface area contributed by atoms with Gasteiger partial charge in [0, 0.05) is 44.0 Å². The monoisotopic (exact) mass is 442 g/mol. The predicted molar refractivity (Wildman–Crippen MR) is 117 cm³/mol. The molecule has 1 aromatic carbocycles. The van der Waals surface area contributed by atoms with E-state index in [9.17, 15) is 12.8 Å². The molecule has 0 amide bonds. The molecule has 1 fully saturated rings. The Balaban J connectivity index is 1.40. The lowest BCUT2D eigenvalue weighted by Crippen LogP contribution is -2.49. The van der Waals surface area contributed by atoms with Crippen LogP contribution in [-0.4, -0.2) is 53.9 Å². The van der Waals surface area contributed by atoms with Crippen LogP contribution < -0.4 is 10.2 Å². The van der Waals surface area contributed by atoms with Crippen LogP contribution in [0, 0.1) is 12.7 Å². The second kappa shape index (κ2) is 8.94. The van der Waals surface area contributed by atoms with Crippen molar-refractivity contribution in [1.82, 2.24) is 19.3 Å². The molecule has 3 aromatic rings. The van der Waals surface area contributed by atoms with Gasteiger partial charge in [0.05, 0.1) is 5.75 Å². The maximum absolute atomic E-state index is 13.9. The third-order valence-electron chi connectivity index (χ3n) is 5.08. The molecular formula is C21H23FN6O2S. The summed E-state index contributed by atoms with van der Waals surface area (Å²) >= 11 is 0. The smallest absolute Gasteiger partial charge is 0.218 e. The van der Waals surface area contributed by atoms with Gasteiger partial charge in [-0.1, -0.05) is 18.2 Å². The van der Waals surface area contributed by atoms with E-state index in [0.717, 1.165) is 5.56 Å². The van der Waals surface area contributed by atoms with Gasteiger partial charge in [-0.3, -0.25) is 0 Å². The van der Waals surface area contributed by atoms with E-state index in [1.54, 1.807) is 18.3 Å². The van der Waals surface area contributed by atoms with Crippen LogP contribution in [0.4, 0.5) is 21.8 Å². The zero-order valence-corrected chi connectivity index (χ0v) is 17.9. The van der Waals surface area contributed by atoms with Crippen LogP contribution in [0.15, 0.2) is 55.0 Å². The fourth-order valence-corrected chi connectivity index (χ4v) is 4.95. The second-order valence-electron chi connectivity index (χ2n) is 7.34. The fourth-order valence-electron chi connectivity index (χ4n) is 3.42. The number of pyridine rings is 1. The fraction of sp³-hybridized carbons (Fsp3) is 0.286. The highest BCUT2D eigenvalue weighted by atomic mass is 32.2. The van der Waals surface area contributed by atoms with Gasteiger partial charge in [0.25, 0.3) is 0 Å². The van der Waals surface area contributed by atoms with Gasteiger partial charge in [-0.25, -0.2) is 27.8 Å². The first-order chi connectivity index (χ1) is 14.9. The summed E-state index contributed by atoms with van der Waals surface area (Å²) in [5.74, 6) is 1.15. The number of halogens is 1. The quantitative estimate of drug-likeness (QED) is 0.628. The number of anilines is 3. The van der Waals surface area contributed by atoms with Crippen LogP contribution in [0.1, 0.15) is 11.1 Å². The highest BCUT2D eigenvalue weighted by molar-refractivity contribution is 7.88. The van der Waals surface area contributed by atoms with Gasteiger partial charge >= 0.3 is 0 Å². The summed E-state index contributed by atoms with van der Waals surface area (Å²) in [6.07, 6.45) is 3.19. The summed E-state index contributed by atoms with van der Waals surface area (Å²) in [6, 6.07) is 11.6. The average Bonchev–Trinajstić information content (AvgIpc) is 2.76. The molecule has 0 atom stereocenters. The summed E-state index contributed by atoms with van der Waals surface area (Å²) in [4.78, 5) is 14.8. The molecule has 1 aliphatic rings. The Hall–Kier alpha value is -3.11. The van der Waals surface area contributed by atoms with Crippen LogP contribution in [0.25, 0.3) is 0 Å². The van der Waals surface area contributed by atoms with Gasteiger partial charge in [0.15, 0.2) is 0 Å². The first kappa shape index (κ1) is 21.1. The number of piperazine rings is 1. The molecule has 1 N–H and O–H groups in total. The Morgan fingerprint density at radius 2 is 1.74 bits per heavy atom. The summed E-state index contributed by atoms with van der Waals surface area (Å²) in [7, 11) is -3.60. The molecule has 10 heteroatoms. The van der Waals surface area contributed by atoms with Gasteiger partial charge in [-0.05, 0) is 30.7 Å². The number of benzene rings is 1. The molecule has 0 bridgehead atoms. The predicted octanol–water partition coefficient (Wildman–Crippen LogP) is 2.71. The minimum atomic E-state index is -3.60. The lowest BCUT2D eigenvalue weighted by molar-refractivity contribution is 0.383. The van der Waals surface area contributed by atoms with Gasteiger partial charge in [-0.15, -0.1) is 0 Å². The Labute approximate surface area is 180 Å². The number of nitrogens with zero attached hydrogens (tertiary/aromatic N) is 5. The van der Waals surface area contributed by atoms with Crippen LogP contribution in [0.2, 0.25) is 0 Å². The Kier molecular flexibility index (Phi) is 6.10. The van der Waals surface area contributed by atoms with Crippen LogP contribution in [0.3, 0.4) is 0 Å². The van der Waals surface area contributed by atoms with E-state index in [0.29, 0.717) is 43.6 Å². The molecule has 2 aromatic heterocycles.